The van der Waals surface area contributed by atoms with E-state index < -0.39 is 0 Å². The van der Waals surface area contributed by atoms with Gasteiger partial charge in [0, 0.05) is 24.7 Å². The molecule has 1 aromatic carbocycles. The van der Waals surface area contributed by atoms with Gasteiger partial charge in [-0.25, -0.2) is 0 Å². The molecule has 0 amide bonds. The predicted molar refractivity (Wildman–Crippen MR) is 72.6 cm³/mol. The standard InChI is InChI=1S/C13H15ClN4O/c14-11-4-2-1-3-10(11)13-16-12(19-17-13)8-18-6-5-9(15)7-18/h1-4,9H,5-8,15H2/t9-/m0/s1. The second kappa shape index (κ2) is 5.28. The van der Waals surface area contributed by atoms with E-state index in [4.69, 9.17) is 21.9 Å². The molecular formula is C13H15ClN4O. The summed E-state index contributed by atoms with van der Waals surface area (Å²) >= 11 is 6.11. The molecule has 0 spiro atoms. The maximum Gasteiger partial charge on any atom is 0.241 e. The second-order valence-corrected chi connectivity index (χ2v) is 5.18. The highest BCUT2D eigenvalue weighted by molar-refractivity contribution is 6.33. The summed E-state index contributed by atoms with van der Waals surface area (Å²) < 4.78 is 5.27. The third-order valence-electron chi connectivity index (χ3n) is 3.25. The Bertz CT molecular complexity index is 571. The zero-order chi connectivity index (χ0) is 13.2. The molecule has 2 N–H and O–H groups in total. The highest BCUT2D eigenvalue weighted by atomic mass is 35.5. The van der Waals surface area contributed by atoms with Crippen LogP contribution >= 0.6 is 11.6 Å². The first-order valence-corrected chi connectivity index (χ1v) is 6.65. The van der Waals surface area contributed by atoms with Gasteiger partial charge in [-0.3, -0.25) is 4.90 Å². The van der Waals surface area contributed by atoms with E-state index in [1.165, 1.54) is 0 Å². The van der Waals surface area contributed by atoms with E-state index in [0.717, 1.165) is 25.1 Å². The lowest BCUT2D eigenvalue weighted by molar-refractivity contribution is 0.265. The maximum atomic E-state index is 6.11. The number of nitrogens with zero attached hydrogens (tertiary/aromatic N) is 3. The third-order valence-corrected chi connectivity index (χ3v) is 3.58. The molecule has 1 aromatic heterocycles. The molecule has 6 heteroatoms. The lowest BCUT2D eigenvalue weighted by Crippen LogP contribution is -2.26. The lowest BCUT2D eigenvalue weighted by atomic mass is 10.2. The fourth-order valence-electron chi connectivity index (χ4n) is 2.27. The van der Waals surface area contributed by atoms with Crippen LogP contribution in [0.15, 0.2) is 28.8 Å². The van der Waals surface area contributed by atoms with Gasteiger partial charge in [0.05, 0.1) is 11.6 Å². The molecule has 19 heavy (non-hydrogen) atoms. The van der Waals surface area contributed by atoms with Crippen LogP contribution in [0, 0.1) is 0 Å². The second-order valence-electron chi connectivity index (χ2n) is 4.78. The fourth-order valence-corrected chi connectivity index (χ4v) is 2.49. The van der Waals surface area contributed by atoms with Crippen molar-refractivity contribution >= 4 is 11.6 Å². The molecule has 0 unspecified atom stereocenters. The van der Waals surface area contributed by atoms with Crippen molar-refractivity contribution < 1.29 is 4.52 Å². The Hall–Kier alpha value is -1.43. The van der Waals surface area contributed by atoms with Gasteiger partial charge in [-0.15, -0.1) is 0 Å². The first-order chi connectivity index (χ1) is 9.22. The molecule has 2 aromatic rings. The molecule has 1 aliphatic rings. The van der Waals surface area contributed by atoms with E-state index in [1.54, 1.807) is 0 Å². The quantitative estimate of drug-likeness (QED) is 0.929. The normalized spacial score (nSPS) is 20.0. The molecule has 100 valence electrons. The van der Waals surface area contributed by atoms with E-state index >= 15 is 0 Å². The predicted octanol–water partition coefficient (Wildman–Crippen LogP) is 1.92. The number of aromatic nitrogens is 2. The average Bonchev–Trinajstić information content (AvgIpc) is 3.00. The molecule has 1 saturated heterocycles. The van der Waals surface area contributed by atoms with Crippen LogP contribution in [-0.2, 0) is 6.54 Å². The molecular weight excluding hydrogens is 264 g/mol. The van der Waals surface area contributed by atoms with Gasteiger partial charge in [0.15, 0.2) is 0 Å². The first-order valence-electron chi connectivity index (χ1n) is 6.28. The van der Waals surface area contributed by atoms with Crippen LogP contribution < -0.4 is 5.73 Å². The maximum absolute atomic E-state index is 6.11. The van der Waals surface area contributed by atoms with Crippen LogP contribution in [0.5, 0.6) is 0 Å². The largest absolute Gasteiger partial charge is 0.338 e. The van der Waals surface area contributed by atoms with Gasteiger partial charge in [0.2, 0.25) is 11.7 Å². The van der Waals surface area contributed by atoms with Crippen LogP contribution in [0.4, 0.5) is 0 Å². The summed E-state index contributed by atoms with van der Waals surface area (Å²) in [6.45, 7) is 2.50. The van der Waals surface area contributed by atoms with Crippen LogP contribution in [0.1, 0.15) is 12.3 Å². The number of benzene rings is 1. The summed E-state index contributed by atoms with van der Waals surface area (Å²) in [6.07, 6.45) is 1.02. The van der Waals surface area contributed by atoms with Gasteiger partial charge < -0.3 is 10.3 Å². The summed E-state index contributed by atoms with van der Waals surface area (Å²) in [6, 6.07) is 7.72. The van der Waals surface area contributed by atoms with E-state index in [2.05, 4.69) is 15.0 Å². The number of hydrogen-bond acceptors (Lipinski definition) is 5. The van der Waals surface area contributed by atoms with Gasteiger partial charge >= 0.3 is 0 Å². The van der Waals surface area contributed by atoms with Crippen molar-refractivity contribution in [2.24, 2.45) is 5.73 Å². The van der Waals surface area contributed by atoms with Gasteiger partial charge in [0.1, 0.15) is 0 Å². The van der Waals surface area contributed by atoms with Crippen molar-refractivity contribution in [2.45, 2.75) is 19.0 Å². The number of rotatable bonds is 3. The van der Waals surface area contributed by atoms with Crippen LogP contribution in [0.3, 0.4) is 0 Å². The molecule has 2 heterocycles. The van der Waals surface area contributed by atoms with Crippen molar-refractivity contribution in [3.05, 3.63) is 35.2 Å². The Morgan fingerprint density at radius 3 is 3.00 bits per heavy atom. The van der Waals surface area contributed by atoms with Crippen LogP contribution in [0.25, 0.3) is 11.4 Å². The summed E-state index contributed by atoms with van der Waals surface area (Å²) in [5, 5.41) is 4.60. The van der Waals surface area contributed by atoms with E-state index in [0.29, 0.717) is 23.3 Å². The summed E-state index contributed by atoms with van der Waals surface area (Å²) in [5.74, 6) is 1.13. The Kier molecular flexibility index (Phi) is 3.50. The molecule has 5 nitrogen and oxygen atoms in total. The molecule has 0 saturated carbocycles. The summed E-state index contributed by atoms with van der Waals surface area (Å²) in [4.78, 5) is 6.60. The number of likely N-dealkylation sites (tertiary alicyclic amines) is 1. The van der Waals surface area contributed by atoms with Gasteiger partial charge in [-0.05, 0) is 18.6 Å². The number of halogens is 1. The molecule has 1 aliphatic heterocycles. The van der Waals surface area contributed by atoms with Crippen molar-refractivity contribution in [1.82, 2.24) is 15.0 Å². The topological polar surface area (TPSA) is 68.2 Å². The first kappa shape index (κ1) is 12.6. The molecule has 0 radical (unpaired) electrons. The SMILES string of the molecule is N[C@H]1CCN(Cc2nc(-c3ccccc3Cl)no2)C1. The molecule has 3 rings (SSSR count). The summed E-state index contributed by atoms with van der Waals surface area (Å²) in [5.41, 5.74) is 6.66. The minimum absolute atomic E-state index is 0.256. The smallest absolute Gasteiger partial charge is 0.241 e. The van der Waals surface area contributed by atoms with Gasteiger partial charge in [-0.1, -0.05) is 28.9 Å². The highest BCUT2D eigenvalue weighted by Gasteiger charge is 2.21. The number of nitrogens with two attached hydrogens (primary N) is 1. The number of hydrogen-bond donors (Lipinski definition) is 1. The fraction of sp³-hybridized carbons (Fsp3) is 0.385. The van der Waals surface area contributed by atoms with E-state index in [1.807, 2.05) is 24.3 Å². The monoisotopic (exact) mass is 278 g/mol. The molecule has 1 fully saturated rings. The Morgan fingerprint density at radius 2 is 2.26 bits per heavy atom. The van der Waals surface area contributed by atoms with Crippen molar-refractivity contribution in [2.75, 3.05) is 13.1 Å². The summed E-state index contributed by atoms with van der Waals surface area (Å²) in [7, 11) is 0. The lowest BCUT2D eigenvalue weighted by Gasteiger charge is -2.10. The Balaban J connectivity index is 1.75. The van der Waals surface area contributed by atoms with Gasteiger partial charge in [-0.2, -0.15) is 4.98 Å². The van der Waals surface area contributed by atoms with Crippen LogP contribution in [-0.4, -0.2) is 34.2 Å². The zero-order valence-corrected chi connectivity index (χ0v) is 11.2. The Morgan fingerprint density at radius 1 is 1.42 bits per heavy atom. The third kappa shape index (κ3) is 2.78. The molecule has 1 atom stereocenters. The highest BCUT2D eigenvalue weighted by Crippen LogP contribution is 2.25. The van der Waals surface area contributed by atoms with Crippen molar-refractivity contribution in [1.29, 1.82) is 0 Å². The average molecular weight is 279 g/mol. The van der Waals surface area contributed by atoms with E-state index in [9.17, 15) is 0 Å². The minimum atomic E-state index is 0.256. The van der Waals surface area contributed by atoms with Crippen molar-refractivity contribution in [3.63, 3.8) is 0 Å². The zero-order valence-electron chi connectivity index (χ0n) is 10.4. The van der Waals surface area contributed by atoms with Crippen LogP contribution in [0.2, 0.25) is 5.02 Å². The Labute approximate surface area is 116 Å². The molecule has 0 bridgehead atoms. The van der Waals surface area contributed by atoms with E-state index in [-0.39, 0.29) is 6.04 Å². The minimum Gasteiger partial charge on any atom is -0.338 e. The van der Waals surface area contributed by atoms with Gasteiger partial charge in [0.25, 0.3) is 0 Å². The van der Waals surface area contributed by atoms with Crippen molar-refractivity contribution in [3.8, 4) is 11.4 Å². The molecule has 0 aliphatic carbocycles.